The third-order valence-corrected chi connectivity index (χ3v) is 6.35. The molecular weight excluding hydrogens is 376 g/mol. The van der Waals surface area contributed by atoms with E-state index >= 15 is 0 Å². The van der Waals surface area contributed by atoms with Crippen molar-refractivity contribution in [3.8, 4) is 16.9 Å². The summed E-state index contributed by atoms with van der Waals surface area (Å²) in [5.74, 6) is 1.17. The van der Waals surface area contributed by atoms with Gasteiger partial charge in [0, 0.05) is 22.4 Å². The highest BCUT2D eigenvalue weighted by atomic mass is 15.1. The van der Waals surface area contributed by atoms with Crippen LogP contribution >= 0.6 is 0 Å². The number of rotatable bonds is 2. The maximum atomic E-state index is 2.43. The predicted octanol–water partition coefficient (Wildman–Crippen LogP) is 6.88. The number of aromatic nitrogens is 2. The minimum absolute atomic E-state index is 0.0909. The molecule has 5 rings (SSSR count). The smallest absolute Gasteiger partial charge is 0.237 e. The number of fused-ring (bicyclic) bond motifs is 3. The first-order chi connectivity index (χ1) is 14.9. The molecule has 31 heavy (non-hydrogen) atoms. The Balaban J connectivity index is 1.93. The van der Waals surface area contributed by atoms with Crippen LogP contribution in [-0.2, 0) is 12.5 Å². The molecule has 0 aliphatic rings. The molecule has 0 fully saturated rings. The van der Waals surface area contributed by atoms with Gasteiger partial charge in [-0.1, -0.05) is 69.3 Å². The van der Waals surface area contributed by atoms with E-state index in [4.69, 9.17) is 0 Å². The van der Waals surface area contributed by atoms with E-state index in [0.29, 0.717) is 0 Å². The zero-order chi connectivity index (χ0) is 21.8. The van der Waals surface area contributed by atoms with Crippen LogP contribution < -0.4 is 4.57 Å². The van der Waals surface area contributed by atoms with Gasteiger partial charge in [0.2, 0.25) is 0 Å². The fraction of sp³-hybridized carbons (Fsp3) is 0.207. The van der Waals surface area contributed by atoms with Crippen LogP contribution in [-0.4, -0.2) is 4.57 Å². The summed E-state index contributed by atoms with van der Waals surface area (Å²) in [5, 5.41) is 2.60. The molecule has 0 atom stereocenters. The molecule has 2 heterocycles. The summed E-state index contributed by atoms with van der Waals surface area (Å²) in [6.45, 7) is 9.16. The average molecular weight is 406 g/mol. The Morgan fingerprint density at radius 1 is 0.742 bits per heavy atom. The van der Waals surface area contributed by atoms with Crippen molar-refractivity contribution in [1.82, 2.24) is 4.57 Å². The van der Waals surface area contributed by atoms with Crippen LogP contribution in [0.15, 0.2) is 85.1 Å². The van der Waals surface area contributed by atoms with Crippen molar-refractivity contribution in [3.05, 3.63) is 96.2 Å². The van der Waals surface area contributed by atoms with Crippen LogP contribution in [0.3, 0.4) is 0 Å². The highest BCUT2D eigenvalue weighted by molar-refractivity contribution is 6.11. The van der Waals surface area contributed by atoms with Crippen LogP contribution in [0.5, 0.6) is 0 Å². The first-order valence-electron chi connectivity index (χ1n) is 10.9. The summed E-state index contributed by atoms with van der Waals surface area (Å²) in [7, 11) is 2.12. The molecule has 2 nitrogen and oxygen atoms in total. The summed E-state index contributed by atoms with van der Waals surface area (Å²) in [6.07, 6.45) is 2.12. The van der Waals surface area contributed by atoms with E-state index in [1.165, 1.54) is 49.9 Å². The van der Waals surface area contributed by atoms with E-state index in [-0.39, 0.29) is 5.41 Å². The van der Waals surface area contributed by atoms with Crippen LogP contribution in [0.1, 0.15) is 31.9 Å². The second kappa shape index (κ2) is 7.09. The van der Waals surface area contributed by atoms with Gasteiger partial charge >= 0.3 is 0 Å². The summed E-state index contributed by atoms with van der Waals surface area (Å²) >= 11 is 0. The van der Waals surface area contributed by atoms with Crippen molar-refractivity contribution < 1.29 is 4.57 Å². The van der Waals surface area contributed by atoms with Crippen molar-refractivity contribution in [1.29, 1.82) is 0 Å². The molecule has 0 amide bonds. The van der Waals surface area contributed by atoms with E-state index in [1.54, 1.807) is 0 Å². The Morgan fingerprint density at radius 2 is 1.48 bits per heavy atom. The van der Waals surface area contributed by atoms with Crippen LogP contribution in [0.2, 0.25) is 0 Å². The minimum atomic E-state index is 0.0909. The zero-order valence-electron chi connectivity index (χ0n) is 19.0. The van der Waals surface area contributed by atoms with Crippen molar-refractivity contribution in [2.24, 2.45) is 7.05 Å². The fourth-order valence-electron chi connectivity index (χ4n) is 4.88. The van der Waals surface area contributed by atoms with Crippen LogP contribution in [0.25, 0.3) is 38.8 Å². The van der Waals surface area contributed by atoms with Gasteiger partial charge in [-0.05, 0) is 53.3 Å². The van der Waals surface area contributed by atoms with Crippen LogP contribution in [0, 0.1) is 6.92 Å². The summed E-state index contributed by atoms with van der Waals surface area (Å²) in [4.78, 5) is 0. The Kier molecular flexibility index (Phi) is 4.48. The lowest BCUT2D eigenvalue weighted by Gasteiger charge is -2.21. The molecule has 154 valence electrons. The predicted molar refractivity (Wildman–Crippen MR) is 131 cm³/mol. The highest BCUT2D eigenvalue weighted by Crippen LogP contribution is 2.39. The molecule has 2 aromatic heterocycles. The van der Waals surface area contributed by atoms with Gasteiger partial charge in [0.05, 0.1) is 13.2 Å². The minimum Gasteiger partial charge on any atom is -0.237 e. The van der Waals surface area contributed by atoms with E-state index < -0.39 is 0 Å². The van der Waals surface area contributed by atoms with Gasteiger partial charge in [-0.3, -0.25) is 0 Å². The van der Waals surface area contributed by atoms with Gasteiger partial charge in [-0.25, -0.2) is 4.57 Å². The number of aryl methyl sites for hydroxylation is 2. The number of hydrogen-bond donors (Lipinski definition) is 0. The SMILES string of the molecule is Cc1c(C(C)(C)C)ccc2c3cc(-c4ccccc4)ccc3n(-c3cccc[n+]3C)c12. The molecule has 0 spiro atoms. The molecule has 2 heteroatoms. The molecule has 0 N–H and O–H groups in total. The van der Waals surface area contributed by atoms with Crippen LogP contribution in [0.4, 0.5) is 0 Å². The molecule has 5 aromatic rings. The summed E-state index contributed by atoms with van der Waals surface area (Å²) < 4.78 is 4.64. The normalized spacial score (nSPS) is 12.0. The molecular formula is C29H29N2+. The maximum absolute atomic E-state index is 2.43. The second-order valence-electron chi connectivity index (χ2n) is 9.49. The largest absolute Gasteiger partial charge is 0.286 e. The number of benzene rings is 3. The van der Waals surface area contributed by atoms with Gasteiger partial charge in [-0.15, -0.1) is 0 Å². The Morgan fingerprint density at radius 3 is 2.19 bits per heavy atom. The monoisotopic (exact) mass is 405 g/mol. The number of pyridine rings is 1. The maximum Gasteiger partial charge on any atom is 0.286 e. The van der Waals surface area contributed by atoms with Gasteiger partial charge in [0.25, 0.3) is 5.82 Å². The fourth-order valence-corrected chi connectivity index (χ4v) is 4.88. The Hall–Kier alpha value is -3.39. The van der Waals surface area contributed by atoms with Crippen molar-refractivity contribution in [2.75, 3.05) is 0 Å². The summed E-state index contributed by atoms with van der Waals surface area (Å²) in [5.41, 5.74) is 7.88. The molecule has 0 aliphatic carbocycles. The first kappa shape index (κ1) is 19.6. The first-order valence-corrected chi connectivity index (χ1v) is 10.9. The molecule has 0 saturated carbocycles. The van der Waals surface area contributed by atoms with E-state index in [2.05, 4.69) is 129 Å². The van der Waals surface area contributed by atoms with Gasteiger partial charge in [0.15, 0.2) is 0 Å². The van der Waals surface area contributed by atoms with Gasteiger partial charge in [0.1, 0.15) is 11.0 Å². The summed E-state index contributed by atoms with van der Waals surface area (Å²) in [6, 6.07) is 28.6. The van der Waals surface area contributed by atoms with Crippen molar-refractivity contribution in [3.63, 3.8) is 0 Å². The molecule has 3 aromatic carbocycles. The lowest BCUT2D eigenvalue weighted by Crippen LogP contribution is -2.33. The Bertz CT molecular complexity index is 1420. The standard InChI is InChI=1S/C29H29N2/c1-20-25(29(2,3)4)16-15-23-24-19-22(21-11-7-6-8-12-21)14-17-26(24)31(28(20)23)27-13-9-10-18-30(27)5/h6-19H,1-5H3/q+1. The highest BCUT2D eigenvalue weighted by Gasteiger charge is 2.26. The van der Waals surface area contributed by atoms with E-state index in [9.17, 15) is 0 Å². The third kappa shape index (κ3) is 3.14. The third-order valence-electron chi connectivity index (χ3n) is 6.35. The van der Waals surface area contributed by atoms with Gasteiger partial charge < -0.3 is 0 Å². The Labute approximate surface area is 184 Å². The van der Waals surface area contributed by atoms with Crippen molar-refractivity contribution >= 4 is 21.8 Å². The molecule has 0 unspecified atom stereocenters. The zero-order valence-corrected chi connectivity index (χ0v) is 19.0. The number of nitrogens with zero attached hydrogens (tertiary/aromatic N) is 2. The van der Waals surface area contributed by atoms with E-state index in [0.717, 1.165) is 0 Å². The van der Waals surface area contributed by atoms with Crippen molar-refractivity contribution in [2.45, 2.75) is 33.1 Å². The quantitative estimate of drug-likeness (QED) is 0.283. The molecule has 0 bridgehead atoms. The lowest BCUT2D eigenvalue weighted by atomic mass is 9.83. The molecule has 0 radical (unpaired) electrons. The molecule has 0 saturated heterocycles. The number of hydrogen-bond acceptors (Lipinski definition) is 0. The second-order valence-corrected chi connectivity index (χ2v) is 9.49. The van der Waals surface area contributed by atoms with E-state index in [1.807, 2.05) is 0 Å². The van der Waals surface area contributed by atoms with Gasteiger partial charge in [-0.2, -0.15) is 4.57 Å². The topological polar surface area (TPSA) is 8.81 Å². The molecule has 0 aliphatic heterocycles. The average Bonchev–Trinajstić information content (AvgIpc) is 3.08. The lowest BCUT2D eigenvalue weighted by molar-refractivity contribution is -0.665.